The van der Waals surface area contributed by atoms with E-state index in [9.17, 15) is 53.4 Å². The Morgan fingerprint density at radius 1 is 0.452 bits per heavy atom. The quantitative estimate of drug-likeness (QED) is 0.0505. The zero-order valence-electron chi connectivity index (χ0n) is 38.2. The summed E-state index contributed by atoms with van der Waals surface area (Å²) in [5.41, 5.74) is 1.43. The Labute approximate surface area is 413 Å². The Bertz CT molecular complexity index is 3430. The van der Waals surface area contributed by atoms with E-state index in [-0.39, 0.29) is 71.9 Å². The third-order valence-corrected chi connectivity index (χ3v) is 13.3. The molecule has 0 spiro atoms. The summed E-state index contributed by atoms with van der Waals surface area (Å²) in [7, 11) is 0. The molecule has 0 aromatic heterocycles. The Hall–Kier alpha value is -9.83. The highest BCUT2D eigenvalue weighted by molar-refractivity contribution is 6.40. The molecule has 1 aliphatic carbocycles. The van der Waals surface area contributed by atoms with Gasteiger partial charge in [0, 0.05) is 56.0 Å². The maximum Gasteiger partial charge on any atom is 0.338 e. The highest BCUT2D eigenvalue weighted by Crippen LogP contribution is 2.44. The van der Waals surface area contributed by atoms with E-state index in [2.05, 4.69) is 0 Å². The number of benzene rings is 7. The summed E-state index contributed by atoms with van der Waals surface area (Å²) in [6.07, 6.45) is 8.00. The van der Waals surface area contributed by atoms with E-state index in [1.807, 2.05) is 0 Å². The molecular weight excluding hydrogens is 937 g/mol. The summed E-state index contributed by atoms with van der Waals surface area (Å²) in [6.45, 7) is 0. The Kier molecular flexibility index (Phi) is 11.9. The van der Waals surface area contributed by atoms with Crippen molar-refractivity contribution in [2.75, 3.05) is 9.80 Å². The maximum absolute atomic E-state index is 14.9. The number of carbonyl (C=O) groups excluding carboxylic acids is 5. The lowest BCUT2D eigenvalue weighted by molar-refractivity contribution is -0.132. The molecule has 7 aromatic rings. The highest BCUT2D eigenvalue weighted by atomic mass is 16.5. The molecule has 360 valence electrons. The molecular formula is C57H38N2O14. The van der Waals surface area contributed by atoms with Crippen LogP contribution < -0.4 is 9.80 Å². The van der Waals surface area contributed by atoms with E-state index < -0.39 is 59.6 Å². The van der Waals surface area contributed by atoms with Crippen LogP contribution in [0.5, 0.6) is 0 Å². The van der Waals surface area contributed by atoms with Crippen molar-refractivity contribution >= 4 is 98.5 Å². The van der Waals surface area contributed by atoms with Gasteiger partial charge in [-0.05, 0) is 126 Å². The normalized spacial score (nSPS) is 14.7. The van der Waals surface area contributed by atoms with Gasteiger partial charge in [-0.2, -0.15) is 0 Å². The lowest BCUT2D eigenvalue weighted by atomic mass is 9.86. The van der Waals surface area contributed by atoms with Crippen molar-refractivity contribution in [3.8, 4) is 22.3 Å². The van der Waals surface area contributed by atoms with Crippen molar-refractivity contribution in [2.24, 2.45) is 0 Å². The number of nitrogens with zero attached hydrogens (tertiary/aromatic N) is 2. The van der Waals surface area contributed by atoms with E-state index in [1.165, 1.54) is 78.9 Å². The number of esters is 1. The second-order valence-electron chi connectivity index (χ2n) is 17.6. The number of hydrogen-bond donors (Lipinski definition) is 4. The minimum absolute atomic E-state index is 0.0451. The summed E-state index contributed by atoms with van der Waals surface area (Å²) in [5.74, 6) is -9.50. The van der Waals surface area contributed by atoms with E-state index in [1.54, 1.807) is 48.5 Å². The van der Waals surface area contributed by atoms with Crippen molar-refractivity contribution in [1.29, 1.82) is 0 Å². The molecule has 3 aliphatic rings. The number of anilines is 2. The summed E-state index contributed by atoms with van der Waals surface area (Å²) in [4.78, 5) is 123. The predicted octanol–water partition coefficient (Wildman–Crippen LogP) is 10.0. The van der Waals surface area contributed by atoms with Crippen molar-refractivity contribution in [2.45, 2.75) is 38.2 Å². The molecule has 2 aliphatic heterocycles. The van der Waals surface area contributed by atoms with Crippen molar-refractivity contribution in [3.05, 3.63) is 177 Å². The number of rotatable bonds is 12. The largest absolute Gasteiger partial charge is 0.478 e. The monoisotopic (exact) mass is 974 g/mol. The van der Waals surface area contributed by atoms with Crippen molar-refractivity contribution in [1.82, 2.24) is 0 Å². The molecule has 2 heterocycles. The first-order chi connectivity index (χ1) is 35.1. The van der Waals surface area contributed by atoms with Gasteiger partial charge in [0.15, 0.2) is 0 Å². The minimum Gasteiger partial charge on any atom is -0.478 e. The van der Waals surface area contributed by atoms with Crippen LogP contribution in [0.15, 0.2) is 127 Å². The molecule has 10 rings (SSSR count). The molecule has 1 fully saturated rings. The zero-order valence-corrected chi connectivity index (χ0v) is 38.2. The highest BCUT2D eigenvalue weighted by Gasteiger charge is 2.40. The fraction of sp³-hybridized carbons (Fsp3) is 0.105. The molecule has 7 aromatic carbocycles. The molecule has 4 amide bonds. The number of carboxylic acid groups (broad SMARTS) is 4. The van der Waals surface area contributed by atoms with Crippen LogP contribution >= 0.6 is 0 Å². The van der Waals surface area contributed by atoms with E-state index in [0.717, 1.165) is 41.2 Å². The number of imide groups is 2. The summed E-state index contributed by atoms with van der Waals surface area (Å²) in [6, 6.07) is 27.8. The van der Waals surface area contributed by atoms with Gasteiger partial charge in [-0.25, -0.2) is 33.8 Å². The van der Waals surface area contributed by atoms with E-state index in [4.69, 9.17) is 14.9 Å². The number of aliphatic carboxylic acids is 2. The molecule has 16 nitrogen and oxygen atoms in total. The fourth-order valence-electron chi connectivity index (χ4n) is 9.93. The van der Waals surface area contributed by atoms with Gasteiger partial charge in [-0.3, -0.25) is 19.2 Å². The lowest BCUT2D eigenvalue weighted by Crippen LogP contribution is -2.42. The van der Waals surface area contributed by atoms with Crippen molar-refractivity contribution in [3.63, 3.8) is 0 Å². The average Bonchev–Trinajstić information content (AvgIpc) is 3.38. The predicted molar refractivity (Wildman–Crippen MR) is 267 cm³/mol. The van der Waals surface area contributed by atoms with Crippen LogP contribution in [0.4, 0.5) is 11.4 Å². The Morgan fingerprint density at radius 3 is 1.19 bits per heavy atom. The molecule has 4 N–H and O–H groups in total. The second-order valence-corrected chi connectivity index (χ2v) is 17.6. The summed E-state index contributed by atoms with van der Waals surface area (Å²) in [5, 5.41) is 39.2. The van der Waals surface area contributed by atoms with Crippen molar-refractivity contribution < 1.29 is 68.3 Å². The maximum atomic E-state index is 14.9. The average molecular weight is 975 g/mol. The molecule has 0 unspecified atom stereocenters. The molecule has 1 saturated carbocycles. The molecule has 73 heavy (non-hydrogen) atoms. The van der Waals surface area contributed by atoms with Gasteiger partial charge in [0.1, 0.15) is 6.10 Å². The van der Waals surface area contributed by atoms with Gasteiger partial charge in [-0.15, -0.1) is 0 Å². The number of amides is 4. The molecule has 16 heteroatoms. The lowest BCUT2D eigenvalue weighted by Gasteiger charge is -2.31. The molecule has 0 saturated heterocycles. The Balaban J connectivity index is 1.10. The van der Waals surface area contributed by atoms with Crippen LogP contribution in [0.1, 0.15) is 116 Å². The minimum atomic E-state index is -1.34. The van der Waals surface area contributed by atoms with Gasteiger partial charge < -0.3 is 25.2 Å². The number of carboxylic acids is 4. The van der Waals surface area contributed by atoms with Gasteiger partial charge in [0.25, 0.3) is 23.6 Å². The van der Waals surface area contributed by atoms with Gasteiger partial charge in [0.05, 0.1) is 28.1 Å². The molecule has 0 atom stereocenters. The number of hydrogen-bond acceptors (Lipinski definition) is 10. The standard InChI is InChI=1S/C57H38N2O14/c60-45(61)24-10-29-6-12-31(13-7-29)37-16-18-39-49-41(20-22-43(47(37)49)55(68)69)53(66)58(51(39)64)34-26-33(57(72)73-36-4-2-1-3-5-36)27-35(28-34)59-52(65)40-19-17-38(32-14-8-30(9-15-32)11-25-46(62)63)48-44(56(70)71)23-21-42(50(40)48)54(59)67/h6-28,36H,1-5H2,(H,60,61)(H,62,63)(H,68,69)(H,70,71)/b24-10+,25-11+. The molecule has 0 radical (unpaired) electrons. The van der Waals surface area contributed by atoms with Gasteiger partial charge >= 0.3 is 29.8 Å². The van der Waals surface area contributed by atoms with Gasteiger partial charge in [-0.1, -0.05) is 67.1 Å². The third kappa shape index (κ3) is 8.35. The smallest absolute Gasteiger partial charge is 0.338 e. The number of carbonyl (C=O) groups is 9. The van der Waals surface area contributed by atoms with E-state index in [0.29, 0.717) is 46.2 Å². The third-order valence-electron chi connectivity index (χ3n) is 13.3. The van der Waals surface area contributed by atoms with Crippen LogP contribution in [0, 0.1) is 0 Å². The van der Waals surface area contributed by atoms with Crippen LogP contribution in [0.2, 0.25) is 0 Å². The topological polar surface area (TPSA) is 250 Å². The van der Waals surface area contributed by atoms with Gasteiger partial charge in [0.2, 0.25) is 0 Å². The fourth-order valence-corrected chi connectivity index (χ4v) is 9.93. The first kappa shape index (κ1) is 46.9. The second kappa shape index (κ2) is 18.5. The van der Waals surface area contributed by atoms with Crippen LogP contribution in [0.3, 0.4) is 0 Å². The molecule has 0 bridgehead atoms. The summed E-state index contributed by atoms with van der Waals surface area (Å²) >= 11 is 0. The van der Waals surface area contributed by atoms with E-state index >= 15 is 0 Å². The SMILES string of the molecule is O=C(O)/C=C/c1ccc(-c2ccc3c4c(ccc(C(=O)O)c24)C(=O)N(c2cc(C(=O)OC4CCCCC4)cc(N4C(=O)c5ccc(C(=O)O)c6c(-c7ccc(/C=C/C(=O)O)cc7)ccc(c56)C4=O)c2)C3=O)cc1. The zero-order chi connectivity index (χ0) is 51.4. The number of ether oxygens (including phenoxy) is 1. The first-order valence-corrected chi connectivity index (χ1v) is 22.9. The first-order valence-electron chi connectivity index (χ1n) is 22.9. The number of aromatic carboxylic acids is 2. The van der Waals surface area contributed by atoms with Crippen LogP contribution in [-0.2, 0) is 14.3 Å². The summed E-state index contributed by atoms with van der Waals surface area (Å²) < 4.78 is 5.93. The Morgan fingerprint density at radius 2 is 0.822 bits per heavy atom. The van der Waals surface area contributed by atoms with Crippen LogP contribution in [-0.4, -0.2) is 80.0 Å². The van der Waals surface area contributed by atoms with Crippen LogP contribution in [0.25, 0.3) is 56.0 Å².